The number of nitrogens with two attached hydrogens (primary N) is 1. The second-order valence-electron chi connectivity index (χ2n) is 5.33. The van der Waals surface area contributed by atoms with Crippen LogP contribution >= 0.6 is 11.6 Å². The SMILES string of the molecule is CC1CCC(Nc2c(Cl)cc(N)cc2C(=O)O)CC1. The highest BCUT2D eigenvalue weighted by Crippen LogP contribution is 2.33. The quantitative estimate of drug-likeness (QED) is 0.740. The molecule has 19 heavy (non-hydrogen) atoms. The van der Waals surface area contributed by atoms with Gasteiger partial charge in [0.05, 0.1) is 16.3 Å². The predicted octanol–water partition coefficient (Wildman–Crippen LogP) is 3.61. The molecule has 0 aliphatic heterocycles. The smallest absolute Gasteiger partial charge is 0.337 e. The van der Waals surface area contributed by atoms with Crippen LogP contribution in [0.1, 0.15) is 43.0 Å². The van der Waals surface area contributed by atoms with Gasteiger partial charge in [0.1, 0.15) is 0 Å². The van der Waals surface area contributed by atoms with Gasteiger partial charge in [0.2, 0.25) is 0 Å². The molecule has 0 aromatic heterocycles. The Morgan fingerprint density at radius 1 is 1.37 bits per heavy atom. The Morgan fingerprint density at radius 2 is 2.00 bits per heavy atom. The molecule has 0 unspecified atom stereocenters. The van der Waals surface area contributed by atoms with Crippen LogP contribution in [0, 0.1) is 5.92 Å². The zero-order chi connectivity index (χ0) is 14.0. The highest BCUT2D eigenvalue weighted by molar-refractivity contribution is 6.34. The number of carbonyl (C=O) groups is 1. The molecule has 4 N–H and O–H groups in total. The third-order valence-electron chi connectivity index (χ3n) is 3.71. The van der Waals surface area contributed by atoms with Gasteiger partial charge in [0.15, 0.2) is 0 Å². The Kier molecular flexibility index (Phi) is 4.20. The van der Waals surface area contributed by atoms with Crippen molar-refractivity contribution < 1.29 is 9.90 Å². The standard InChI is InChI=1S/C14H19ClN2O2/c1-8-2-4-10(5-3-8)17-13-11(14(18)19)6-9(16)7-12(13)15/h6-8,10,17H,2-5,16H2,1H3,(H,18,19). The number of aromatic carboxylic acids is 1. The van der Waals surface area contributed by atoms with E-state index in [4.69, 9.17) is 17.3 Å². The molecule has 0 spiro atoms. The lowest BCUT2D eigenvalue weighted by molar-refractivity contribution is 0.0698. The number of halogens is 1. The number of rotatable bonds is 3. The molecule has 0 amide bonds. The topological polar surface area (TPSA) is 75.3 Å². The van der Waals surface area contributed by atoms with Crippen molar-refractivity contribution >= 4 is 28.9 Å². The first-order valence-electron chi connectivity index (χ1n) is 6.56. The summed E-state index contributed by atoms with van der Waals surface area (Å²) in [7, 11) is 0. The summed E-state index contributed by atoms with van der Waals surface area (Å²) < 4.78 is 0. The van der Waals surface area contributed by atoms with Gasteiger partial charge in [-0.25, -0.2) is 4.79 Å². The second kappa shape index (κ2) is 5.70. The Labute approximate surface area is 117 Å². The van der Waals surface area contributed by atoms with Crippen molar-refractivity contribution in [2.75, 3.05) is 11.1 Å². The van der Waals surface area contributed by atoms with E-state index in [1.807, 2.05) is 0 Å². The summed E-state index contributed by atoms with van der Waals surface area (Å²) in [6.07, 6.45) is 4.40. The van der Waals surface area contributed by atoms with E-state index >= 15 is 0 Å². The van der Waals surface area contributed by atoms with E-state index < -0.39 is 5.97 Å². The third kappa shape index (κ3) is 3.32. The lowest BCUT2D eigenvalue weighted by atomic mass is 9.87. The summed E-state index contributed by atoms with van der Waals surface area (Å²) in [5.41, 5.74) is 6.64. The van der Waals surface area contributed by atoms with Crippen molar-refractivity contribution in [3.05, 3.63) is 22.7 Å². The first-order valence-corrected chi connectivity index (χ1v) is 6.94. The number of carboxylic acid groups (broad SMARTS) is 1. The predicted molar refractivity (Wildman–Crippen MR) is 77.9 cm³/mol. The van der Waals surface area contributed by atoms with Crippen molar-refractivity contribution in [3.63, 3.8) is 0 Å². The van der Waals surface area contributed by atoms with E-state index in [1.54, 1.807) is 6.07 Å². The van der Waals surface area contributed by atoms with Gasteiger partial charge in [0, 0.05) is 11.7 Å². The van der Waals surface area contributed by atoms with Crippen LogP contribution < -0.4 is 11.1 Å². The van der Waals surface area contributed by atoms with E-state index in [0.29, 0.717) is 16.4 Å². The monoisotopic (exact) mass is 282 g/mol. The first kappa shape index (κ1) is 14.0. The summed E-state index contributed by atoms with van der Waals surface area (Å²) in [6, 6.07) is 3.32. The van der Waals surface area contributed by atoms with Crippen LogP contribution in [0.2, 0.25) is 5.02 Å². The average molecular weight is 283 g/mol. The number of hydrogen-bond donors (Lipinski definition) is 3. The fourth-order valence-electron chi connectivity index (χ4n) is 2.55. The van der Waals surface area contributed by atoms with Crippen LogP contribution in [0.5, 0.6) is 0 Å². The molecule has 0 heterocycles. The van der Waals surface area contributed by atoms with Gasteiger partial charge in [-0.15, -0.1) is 0 Å². The molecule has 1 saturated carbocycles. The first-order chi connectivity index (χ1) is 8.97. The fraction of sp³-hybridized carbons (Fsp3) is 0.500. The lowest BCUT2D eigenvalue weighted by Gasteiger charge is -2.28. The van der Waals surface area contributed by atoms with Crippen molar-refractivity contribution in [2.45, 2.75) is 38.6 Å². The Balaban J connectivity index is 2.21. The van der Waals surface area contributed by atoms with Gasteiger partial charge in [0.25, 0.3) is 0 Å². The number of carboxylic acids is 1. The molecule has 5 heteroatoms. The van der Waals surface area contributed by atoms with Crippen molar-refractivity contribution in [3.8, 4) is 0 Å². The summed E-state index contributed by atoms with van der Waals surface area (Å²) >= 11 is 6.12. The Bertz CT molecular complexity index is 483. The second-order valence-corrected chi connectivity index (χ2v) is 5.74. The van der Waals surface area contributed by atoms with Crippen molar-refractivity contribution in [1.82, 2.24) is 0 Å². The molecule has 0 radical (unpaired) electrons. The number of hydrogen-bond acceptors (Lipinski definition) is 3. The maximum absolute atomic E-state index is 11.3. The van der Waals surface area contributed by atoms with Crippen molar-refractivity contribution in [1.29, 1.82) is 0 Å². The molecule has 1 aliphatic carbocycles. The Morgan fingerprint density at radius 3 is 2.58 bits per heavy atom. The fourth-order valence-corrected chi connectivity index (χ4v) is 2.83. The molecule has 1 aliphatic rings. The van der Waals surface area contributed by atoms with Crippen LogP contribution in [0.3, 0.4) is 0 Å². The van der Waals surface area contributed by atoms with Gasteiger partial charge in [-0.1, -0.05) is 18.5 Å². The van der Waals surface area contributed by atoms with Gasteiger partial charge < -0.3 is 16.2 Å². The normalized spacial score (nSPS) is 23.1. The number of anilines is 2. The minimum Gasteiger partial charge on any atom is -0.478 e. The van der Waals surface area contributed by atoms with E-state index in [9.17, 15) is 9.90 Å². The van der Waals surface area contributed by atoms with E-state index in [2.05, 4.69) is 12.2 Å². The number of benzene rings is 1. The van der Waals surface area contributed by atoms with E-state index in [1.165, 1.54) is 6.07 Å². The minimum atomic E-state index is -1.01. The van der Waals surface area contributed by atoms with Gasteiger partial charge in [-0.05, 0) is 43.7 Å². The molecule has 0 bridgehead atoms. The summed E-state index contributed by atoms with van der Waals surface area (Å²) in [5, 5.41) is 12.9. The molecular weight excluding hydrogens is 264 g/mol. The lowest BCUT2D eigenvalue weighted by Crippen LogP contribution is -2.26. The average Bonchev–Trinajstić information content (AvgIpc) is 2.34. The zero-order valence-corrected chi connectivity index (χ0v) is 11.7. The highest BCUT2D eigenvalue weighted by Gasteiger charge is 2.22. The summed E-state index contributed by atoms with van der Waals surface area (Å²) in [6.45, 7) is 2.25. The molecule has 0 atom stereocenters. The molecular formula is C14H19ClN2O2. The van der Waals surface area contributed by atoms with Crippen molar-refractivity contribution in [2.24, 2.45) is 5.92 Å². The van der Waals surface area contributed by atoms with E-state index in [-0.39, 0.29) is 11.6 Å². The minimum absolute atomic E-state index is 0.142. The van der Waals surface area contributed by atoms with Crippen LogP contribution in [0.25, 0.3) is 0 Å². The Hall–Kier alpha value is -1.42. The van der Waals surface area contributed by atoms with Gasteiger partial charge in [-0.3, -0.25) is 0 Å². The molecule has 4 nitrogen and oxygen atoms in total. The maximum atomic E-state index is 11.3. The summed E-state index contributed by atoms with van der Waals surface area (Å²) in [4.78, 5) is 11.3. The molecule has 1 aromatic rings. The summed E-state index contributed by atoms with van der Waals surface area (Å²) in [5.74, 6) is -0.264. The van der Waals surface area contributed by atoms with Crippen LogP contribution in [-0.4, -0.2) is 17.1 Å². The molecule has 0 saturated heterocycles. The number of nitrogen functional groups attached to an aromatic ring is 1. The molecule has 1 fully saturated rings. The molecule has 1 aromatic carbocycles. The molecule has 104 valence electrons. The zero-order valence-electron chi connectivity index (χ0n) is 10.9. The third-order valence-corrected chi connectivity index (χ3v) is 4.01. The van der Waals surface area contributed by atoms with E-state index in [0.717, 1.165) is 31.6 Å². The highest BCUT2D eigenvalue weighted by atomic mass is 35.5. The van der Waals surface area contributed by atoms with Crippen LogP contribution in [-0.2, 0) is 0 Å². The molecule has 2 rings (SSSR count). The number of nitrogens with one attached hydrogen (secondary N) is 1. The maximum Gasteiger partial charge on any atom is 0.337 e. The van der Waals surface area contributed by atoms with Gasteiger partial charge in [-0.2, -0.15) is 0 Å². The van der Waals surface area contributed by atoms with Crippen LogP contribution in [0.15, 0.2) is 12.1 Å². The van der Waals surface area contributed by atoms with Crippen LogP contribution in [0.4, 0.5) is 11.4 Å². The van der Waals surface area contributed by atoms with Gasteiger partial charge >= 0.3 is 5.97 Å². The largest absolute Gasteiger partial charge is 0.478 e.